The minimum absolute atomic E-state index is 0.519. The maximum Gasteiger partial charge on any atom is 0.139 e. The molecule has 2 aromatic carbocycles. The first-order valence-corrected chi connectivity index (χ1v) is 6.70. The smallest absolute Gasteiger partial charge is 0.139 e. The highest BCUT2D eigenvalue weighted by Crippen LogP contribution is 2.27. The lowest BCUT2D eigenvalue weighted by molar-refractivity contribution is 0.413. The third kappa shape index (κ3) is 3.59. The van der Waals surface area contributed by atoms with Gasteiger partial charge in [-0.25, -0.2) is 0 Å². The van der Waals surface area contributed by atoms with E-state index in [2.05, 4.69) is 11.4 Å². The summed E-state index contributed by atoms with van der Waals surface area (Å²) in [7, 11) is 3.13. The van der Waals surface area contributed by atoms with Gasteiger partial charge in [0.2, 0.25) is 0 Å². The molecule has 0 saturated carbocycles. The van der Waals surface area contributed by atoms with Crippen molar-refractivity contribution in [1.82, 2.24) is 0 Å². The van der Waals surface area contributed by atoms with Gasteiger partial charge in [-0.3, -0.25) is 0 Å². The average Bonchev–Trinajstić information content (AvgIpc) is 2.53. The van der Waals surface area contributed by atoms with E-state index in [0.717, 1.165) is 11.3 Å². The normalized spacial score (nSPS) is 9.81. The SMILES string of the molecule is COc1cc(NCc2ccc(OC)c(C#N)c2)ccc1Cl. The van der Waals surface area contributed by atoms with Crippen LogP contribution in [0.1, 0.15) is 11.1 Å². The highest BCUT2D eigenvalue weighted by atomic mass is 35.5. The van der Waals surface area contributed by atoms with Crippen molar-refractivity contribution >= 4 is 17.3 Å². The predicted molar refractivity (Wildman–Crippen MR) is 83.0 cm³/mol. The molecule has 0 atom stereocenters. The number of halogens is 1. The number of hydrogen-bond donors (Lipinski definition) is 1. The molecular formula is C16H15ClN2O2. The van der Waals surface area contributed by atoms with Gasteiger partial charge in [0.25, 0.3) is 0 Å². The molecule has 2 aromatic rings. The molecule has 5 heteroatoms. The zero-order valence-corrected chi connectivity index (χ0v) is 12.6. The minimum Gasteiger partial charge on any atom is -0.495 e. The summed E-state index contributed by atoms with van der Waals surface area (Å²) in [6, 6.07) is 13.1. The summed E-state index contributed by atoms with van der Waals surface area (Å²) < 4.78 is 10.3. The van der Waals surface area contributed by atoms with E-state index in [1.165, 1.54) is 0 Å². The molecule has 108 valence electrons. The van der Waals surface area contributed by atoms with Crippen molar-refractivity contribution in [2.24, 2.45) is 0 Å². The quantitative estimate of drug-likeness (QED) is 0.911. The Balaban J connectivity index is 2.11. The van der Waals surface area contributed by atoms with Crippen molar-refractivity contribution in [3.63, 3.8) is 0 Å². The average molecular weight is 303 g/mol. The number of nitrogens with one attached hydrogen (secondary N) is 1. The lowest BCUT2D eigenvalue weighted by atomic mass is 10.1. The van der Waals surface area contributed by atoms with Crippen LogP contribution >= 0.6 is 11.6 Å². The topological polar surface area (TPSA) is 54.3 Å². The summed E-state index contributed by atoms with van der Waals surface area (Å²) in [6.07, 6.45) is 0. The molecule has 0 spiro atoms. The van der Waals surface area contributed by atoms with Gasteiger partial charge in [0.1, 0.15) is 17.6 Å². The maximum absolute atomic E-state index is 9.08. The third-order valence-corrected chi connectivity index (χ3v) is 3.34. The molecule has 1 N–H and O–H groups in total. The molecule has 0 heterocycles. The molecular weight excluding hydrogens is 288 g/mol. The number of nitrogens with zero attached hydrogens (tertiary/aromatic N) is 1. The van der Waals surface area contributed by atoms with Gasteiger partial charge in [0, 0.05) is 18.3 Å². The van der Waals surface area contributed by atoms with E-state index >= 15 is 0 Å². The fourth-order valence-corrected chi connectivity index (χ4v) is 2.12. The number of hydrogen-bond acceptors (Lipinski definition) is 4. The standard InChI is InChI=1S/C16H15ClN2O2/c1-20-15-6-3-11(7-12(15)9-18)10-19-13-4-5-14(17)16(8-13)21-2/h3-8,19H,10H2,1-2H3. The van der Waals surface area contributed by atoms with E-state index < -0.39 is 0 Å². The van der Waals surface area contributed by atoms with Crippen LogP contribution in [0.15, 0.2) is 36.4 Å². The first kappa shape index (κ1) is 15.0. The monoisotopic (exact) mass is 302 g/mol. The van der Waals surface area contributed by atoms with Gasteiger partial charge in [-0.05, 0) is 29.8 Å². The van der Waals surface area contributed by atoms with Crippen molar-refractivity contribution < 1.29 is 9.47 Å². The number of methoxy groups -OCH3 is 2. The van der Waals surface area contributed by atoms with Gasteiger partial charge in [-0.1, -0.05) is 17.7 Å². The second-order valence-electron chi connectivity index (χ2n) is 4.35. The fraction of sp³-hybridized carbons (Fsp3) is 0.188. The van der Waals surface area contributed by atoms with Crippen LogP contribution in [0.25, 0.3) is 0 Å². The van der Waals surface area contributed by atoms with Crippen LogP contribution in [0.3, 0.4) is 0 Å². The Labute approximate surface area is 128 Å². The fourth-order valence-electron chi connectivity index (χ4n) is 1.93. The van der Waals surface area contributed by atoms with Crippen LogP contribution in [0.2, 0.25) is 5.02 Å². The van der Waals surface area contributed by atoms with Crippen LogP contribution in [-0.2, 0) is 6.54 Å². The molecule has 0 saturated heterocycles. The Morgan fingerprint density at radius 2 is 1.86 bits per heavy atom. The van der Waals surface area contributed by atoms with Crippen LogP contribution in [0.5, 0.6) is 11.5 Å². The zero-order chi connectivity index (χ0) is 15.2. The molecule has 0 bridgehead atoms. The number of anilines is 1. The summed E-state index contributed by atoms with van der Waals surface area (Å²) in [6.45, 7) is 0.587. The van der Waals surface area contributed by atoms with Gasteiger partial charge in [0.05, 0.1) is 24.8 Å². The number of ether oxygens (including phenoxy) is 2. The van der Waals surface area contributed by atoms with E-state index in [-0.39, 0.29) is 0 Å². The second-order valence-corrected chi connectivity index (χ2v) is 4.76. The number of benzene rings is 2. The van der Waals surface area contributed by atoms with Crippen molar-refractivity contribution in [2.75, 3.05) is 19.5 Å². The van der Waals surface area contributed by atoms with Gasteiger partial charge in [-0.15, -0.1) is 0 Å². The van der Waals surface area contributed by atoms with E-state index in [1.54, 1.807) is 32.4 Å². The Bertz CT molecular complexity index is 680. The predicted octanol–water partition coefficient (Wildman–Crippen LogP) is 3.84. The summed E-state index contributed by atoms with van der Waals surface area (Å²) in [4.78, 5) is 0. The van der Waals surface area contributed by atoms with Crippen LogP contribution in [-0.4, -0.2) is 14.2 Å². The zero-order valence-electron chi connectivity index (χ0n) is 11.8. The molecule has 0 amide bonds. The molecule has 0 radical (unpaired) electrons. The summed E-state index contributed by atoms with van der Waals surface area (Å²) >= 11 is 5.98. The van der Waals surface area contributed by atoms with Gasteiger partial charge in [0.15, 0.2) is 0 Å². The Morgan fingerprint density at radius 1 is 1.10 bits per heavy atom. The van der Waals surface area contributed by atoms with E-state index in [0.29, 0.717) is 28.6 Å². The highest BCUT2D eigenvalue weighted by Gasteiger charge is 2.05. The van der Waals surface area contributed by atoms with Gasteiger partial charge >= 0.3 is 0 Å². The highest BCUT2D eigenvalue weighted by molar-refractivity contribution is 6.32. The molecule has 0 aliphatic carbocycles. The van der Waals surface area contributed by atoms with Crippen LogP contribution in [0, 0.1) is 11.3 Å². The Hall–Kier alpha value is -2.38. The molecule has 0 fully saturated rings. The Morgan fingerprint density at radius 3 is 2.52 bits per heavy atom. The van der Waals surface area contributed by atoms with Crippen molar-refractivity contribution in [3.05, 3.63) is 52.5 Å². The first-order valence-electron chi connectivity index (χ1n) is 6.32. The first-order chi connectivity index (χ1) is 10.2. The minimum atomic E-state index is 0.519. The van der Waals surface area contributed by atoms with Gasteiger partial charge in [-0.2, -0.15) is 5.26 Å². The number of nitriles is 1. The molecule has 0 aromatic heterocycles. The van der Waals surface area contributed by atoms with E-state index in [9.17, 15) is 0 Å². The molecule has 21 heavy (non-hydrogen) atoms. The summed E-state index contributed by atoms with van der Waals surface area (Å²) in [5.41, 5.74) is 2.40. The summed E-state index contributed by atoms with van der Waals surface area (Å²) in [5, 5.41) is 12.9. The van der Waals surface area contributed by atoms with Crippen LogP contribution in [0.4, 0.5) is 5.69 Å². The van der Waals surface area contributed by atoms with Crippen molar-refractivity contribution in [1.29, 1.82) is 5.26 Å². The Kier molecular flexibility index (Phi) is 4.91. The van der Waals surface area contributed by atoms with Crippen molar-refractivity contribution in [2.45, 2.75) is 6.54 Å². The van der Waals surface area contributed by atoms with Crippen LogP contribution < -0.4 is 14.8 Å². The molecule has 0 aliphatic heterocycles. The lowest BCUT2D eigenvalue weighted by Gasteiger charge is -2.10. The molecule has 4 nitrogen and oxygen atoms in total. The van der Waals surface area contributed by atoms with E-state index in [4.69, 9.17) is 26.3 Å². The van der Waals surface area contributed by atoms with E-state index in [1.807, 2.05) is 18.2 Å². The molecule has 0 unspecified atom stereocenters. The second kappa shape index (κ2) is 6.87. The largest absolute Gasteiger partial charge is 0.495 e. The van der Waals surface area contributed by atoms with Crippen molar-refractivity contribution in [3.8, 4) is 17.6 Å². The molecule has 0 aliphatic rings. The molecule has 2 rings (SSSR count). The third-order valence-electron chi connectivity index (χ3n) is 3.03. The maximum atomic E-state index is 9.08. The summed E-state index contributed by atoms with van der Waals surface area (Å²) in [5.74, 6) is 1.20. The lowest BCUT2D eigenvalue weighted by Crippen LogP contribution is -2.00. The number of rotatable bonds is 5. The van der Waals surface area contributed by atoms with Gasteiger partial charge < -0.3 is 14.8 Å².